The number of nitrogens with zero attached hydrogens (tertiary/aromatic N) is 1. The summed E-state index contributed by atoms with van der Waals surface area (Å²) in [5.74, 6) is -0.471. The first-order valence-corrected chi connectivity index (χ1v) is 12.0. The third kappa shape index (κ3) is 3.66. The number of allylic oxidation sites excluding steroid dienone is 1. The van der Waals surface area contributed by atoms with Crippen LogP contribution < -0.4 is 9.62 Å². The van der Waals surface area contributed by atoms with Gasteiger partial charge in [0.2, 0.25) is 5.78 Å². The molecule has 0 bridgehead atoms. The number of rotatable bonds is 5. The van der Waals surface area contributed by atoms with Gasteiger partial charge in [0.05, 0.1) is 12.2 Å². The summed E-state index contributed by atoms with van der Waals surface area (Å²) in [6, 6.07) is 17.1. The number of carbonyl (C=O) groups excluding carboxylic acids is 1. The van der Waals surface area contributed by atoms with Crippen molar-refractivity contribution in [3.63, 3.8) is 0 Å². The van der Waals surface area contributed by atoms with Crippen LogP contribution in [0.4, 0.5) is 11.4 Å². The first-order valence-electron chi connectivity index (χ1n) is 9.67. The molecular weight excluding hydrogens is 416 g/mol. The molecule has 1 N–H and O–H groups in total. The Morgan fingerprint density at radius 1 is 1.07 bits per heavy atom. The molecule has 1 aliphatic heterocycles. The molecule has 0 saturated heterocycles. The van der Waals surface area contributed by atoms with Gasteiger partial charge in [-0.2, -0.15) is 0 Å². The summed E-state index contributed by atoms with van der Waals surface area (Å²) < 4.78 is 28.2. The van der Waals surface area contributed by atoms with E-state index in [9.17, 15) is 13.2 Å². The molecule has 7 heteroatoms. The van der Waals surface area contributed by atoms with E-state index in [1.807, 2.05) is 62.4 Å². The fraction of sp³-hybridized carbons (Fsp3) is 0.174. The quantitative estimate of drug-likeness (QED) is 0.563. The van der Waals surface area contributed by atoms with E-state index in [1.165, 1.54) is 21.8 Å². The van der Waals surface area contributed by atoms with Crippen LogP contribution in [0, 0.1) is 6.92 Å². The lowest BCUT2D eigenvalue weighted by atomic mass is 10.1. The van der Waals surface area contributed by atoms with E-state index < -0.39 is 15.8 Å². The standard InChI is InChI=1S/C23H22N2O3S2/c1-3-18-6-4-5-7-19(18)24-14-21-22(26)23-20(12-13-29-23)25(30(21,27)28)15-17-10-8-16(2)9-11-17/h4-14,24H,3,15H2,1-2H3/b21-14-. The first kappa shape index (κ1) is 20.4. The zero-order valence-corrected chi connectivity index (χ0v) is 18.4. The van der Waals surface area contributed by atoms with E-state index in [-0.39, 0.29) is 11.4 Å². The number of hydrogen-bond acceptors (Lipinski definition) is 5. The number of ketones is 1. The SMILES string of the molecule is CCc1ccccc1N/C=C1/C(=O)c2sccc2N(Cc2ccc(C)cc2)S1(=O)=O. The fourth-order valence-corrected chi connectivity index (χ4v) is 5.91. The minimum Gasteiger partial charge on any atom is -0.360 e. The summed E-state index contributed by atoms with van der Waals surface area (Å²) in [6.45, 7) is 4.18. The van der Waals surface area contributed by atoms with Gasteiger partial charge in [-0.15, -0.1) is 11.3 Å². The fourth-order valence-electron chi connectivity index (χ4n) is 3.43. The monoisotopic (exact) mass is 438 g/mol. The molecule has 30 heavy (non-hydrogen) atoms. The number of nitrogens with one attached hydrogen (secondary N) is 1. The van der Waals surface area contributed by atoms with Crippen LogP contribution in [0.1, 0.15) is 33.3 Å². The molecule has 0 aliphatic carbocycles. The lowest BCUT2D eigenvalue weighted by Gasteiger charge is -2.29. The van der Waals surface area contributed by atoms with Gasteiger partial charge in [0.25, 0.3) is 10.0 Å². The Hall–Kier alpha value is -2.90. The maximum atomic E-state index is 13.4. The average Bonchev–Trinajstić information content (AvgIpc) is 3.22. The van der Waals surface area contributed by atoms with Crippen molar-refractivity contribution in [1.29, 1.82) is 0 Å². The van der Waals surface area contributed by atoms with Crippen LogP contribution in [0.5, 0.6) is 0 Å². The van der Waals surface area contributed by atoms with Crippen molar-refractivity contribution in [2.75, 3.05) is 9.62 Å². The van der Waals surface area contributed by atoms with Gasteiger partial charge < -0.3 is 5.32 Å². The van der Waals surface area contributed by atoms with Gasteiger partial charge in [0.15, 0.2) is 4.91 Å². The Morgan fingerprint density at radius 3 is 2.53 bits per heavy atom. The van der Waals surface area contributed by atoms with Crippen LogP contribution in [0.25, 0.3) is 0 Å². The molecule has 0 unspecified atom stereocenters. The predicted octanol–water partition coefficient (Wildman–Crippen LogP) is 5.11. The van der Waals surface area contributed by atoms with Gasteiger partial charge in [-0.1, -0.05) is 55.0 Å². The molecule has 0 radical (unpaired) electrons. The third-order valence-corrected chi connectivity index (χ3v) is 7.78. The molecule has 3 aromatic rings. The summed E-state index contributed by atoms with van der Waals surface area (Å²) in [7, 11) is -4.01. The molecule has 154 valence electrons. The molecule has 5 nitrogen and oxygen atoms in total. The lowest BCUT2D eigenvalue weighted by molar-refractivity contribution is 0.104. The Balaban J connectivity index is 1.75. The number of Topliss-reactive ketones (excluding diaryl/α,β-unsaturated/α-hetero) is 1. The predicted molar refractivity (Wildman–Crippen MR) is 122 cm³/mol. The maximum Gasteiger partial charge on any atom is 0.270 e. The highest BCUT2D eigenvalue weighted by Gasteiger charge is 2.41. The third-order valence-electron chi connectivity index (χ3n) is 5.12. The van der Waals surface area contributed by atoms with E-state index >= 15 is 0 Å². The van der Waals surface area contributed by atoms with Crippen molar-refractivity contribution in [1.82, 2.24) is 0 Å². The number of benzene rings is 2. The number of sulfonamides is 1. The zero-order valence-electron chi connectivity index (χ0n) is 16.8. The second-order valence-electron chi connectivity index (χ2n) is 7.12. The molecule has 2 heterocycles. The second kappa shape index (κ2) is 8.08. The number of aryl methyl sites for hydroxylation is 2. The van der Waals surface area contributed by atoms with Crippen molar-refractivity contribution in [2.45, 2.75) is 26.8 Å². The summed E-state index contributed by atoms with van der Waals surface area (Å²) >= 11 is 1.26. The summed E-state index contributed by atoms with van der Waals surface area (Å²) in [4.78, 5) is 13.2. The summed E-state index contributed by atoms with van der Waals surface area (Å²) in [5.41, 5.74) is 4.24. The molecule has 0 fully saturated rings. The largest absolute Gasteiger partial charge is 0.360 e. The number of anilines is 2. The van der Waals surface area contributed by atoms with Crippen LogP contribution in [0.15, 0.2) is 71.1 Å². The Kier molecular flexibility index (Phi) is 5.49. The number of thiophene rings is 1. The van der Waals surface area contributed by atoms with Crippen molar-refractivity contribution in [3.8, 4) is 0 Å². The average molecular weight is 439 g/mol. The van der Waals surface area contributed by atoms with Crippen molar-refractivity contribution in [3.05, 3.63) is 92.6 Å². The normalized spacial score (nSPS) is 16.5. The number of fused-ring (bicyclic) bond motifs is 1. The van der Waals surface area contributed by atoms with Crippen LogP contribution in [0.2, 0.25) is 0 Å². The Labute approximate surface area is 180 Å². The van der Waals surface area contributed by atoms with Crippen LogP contribution in [-0.2, 0) is 23.0 Å². The highest BCUT2D eigenvalue weighted by molar-refractivity contribution is 7.97. The molecular formula is C23H22N2O3S2. The van der Waals surface area contributed by atoms with Crippen LogP contribution in [0.3, 0.4) is 0 Å². The number of para-hydroxylation sites is 1. The van der Waals surface area contributed by atoms with E-state index in [2.05, 4.69) is 5.32 Å². The van der Waals surface area contributed by atoms with Gasteiger partial charge in [-0.3, -0.25) is 9.10 Å². The molecule has 0 spiro atoms. The van der Waals surface area contributed by atoms with E-state index in [0.29, 0.717) is 10.6 Å². The van der Waals surface area contributed by atoms with Crippen LogP contribution >= 0.6 is 11.3 Å². The first-order chi connectivity index (χ1) is 14.4. The van der Waals surface area contributed by atoms with E-state index in [0.717, 1.165) is 28.8 Å². The maximum absolute atomic E-state index is 13.4. The van der Waals surface area contributed by atoms with Gasteiger partial charge in [0.1, 0.15) is 4.88 Å². The lowest BCUT2D eigenvalue weighted by Crippen LogP contribution is -2.38. The smallest absolute Gasteiger partial charge is 0.270 e. The van der Waals surface area contributed by atoms with E-state index in [4.69, 9.17) is 0 Å². The molecule has 0 atom stereocenters. The van der Waals surface area contributed by atoms with Gasteiger partial charge in [-0.05, 0) is 42.0 Å². The zero-order chi connectivity index (χ0) is 21.3. The summed E-state index contributed by atoms with van der Waals surface area (Å²) in [5, 5.41) is 4.80. The highest BCUT2D eigenvalue weighted by atomic mass is 32.2. The Bertz CT molecular complexity index is 1230. The molecule has 0 saturated carbocycles. The van der Waals surface area contributed by atoms with Gasteiger partial charge in [-0.25, -0.2) is 8.42 Å². The molecule has 4 rings (SSSR count). The molecule has 2 aromatic carbocycles. The minimum absolute atomic E-state index is 0.169. The number of hydrogen-bond donors (Lipinski definition) is 1. The van der Waals surface area contributed by atoms with Gasteiger partial charge >= 0.3 is 0 Å². The Morgan fingerprint density at radius 2 is 1.80 bits per heavy atom. The van der Waals surface area contributed by atoms with Crippen molar-refractivity contribution >= 4 is 38.5 Å². The minimum atomic E-state index is -4.01. The highest BCUT2D eigenvalue weighted by Crippen LogP contribution is 2.39. The molecule has 1 aliphatic rings. The molecule has 0 amide bonds. The van der Waals surface area contributed by atoms with Crippen molar-refractivity contribution in [2.24, 2.45) is 0 Å². The number of carbonyl (C=O) groups is 1. The van der Waals surface area contributed by atoms with Gasteiger partial charge in [0, 0.05) is 11.9 Å². The summed E-state index contributed by atoms with van der Waals surface area (Å²) in [6.07, 6.45) is 2.12. The molecule has 1 aromatic heterocycles. The topological polar surface area (TPSA) is 66.5 Å². The van der Waals surface area contributed by atoms with Crippen LogP contribution in [-0.4, -0.2) is 14.2 Å². The second-order valence-corrected chi connectivity index (χ2v) is 9.87. The van der Waals surface area contributed by atoms with Crippen molar-refractivity contribution < 1.29 is 13.2 Å². The van der Waals surface area contributed by atoms with E-state index in [1.54, 1.807) is 11.4 Å².